The van der Waals surface area contributed by atoms with E-state index < -0.39 is 11.7 Å². The van der Waals surface area contributed by atoms with Gasteiger partial charge in [0.05, 0.1) is 5.56 Å². The molecule has 5 heteroatoms. The lowest BCUT2D eigenvalue weighted by atomic mass is 10.1. The smallest absolute Gasteiger partial charge is 0.416 e. The van der Waals surface area contributed by atoms with Gasteiger partial charge >= 0.3 is 6.18 Å². The first-order valence-electron chi connectivity index (χ1n) is 5.59. The van der Waals surface area contributed by atoms with Crippen LogP contribution in [0.3, 0.4) is 0 Å². The molecule has 2 aromatic rings. The highest BCUT2D eigenvalue weighted by molar-refractivity contribution is 5.41. The summed E-state index contributed by atoms with van der Waals surface area (Å²) in [7, 11) is 0. The Morgan fingerprint density at radius 1 is 0.895 bits per heavy atom. The minimum absolute atomic E-state index is 0.210. The summed E-state index contributed by atoms with van der Waals surface area (Å²) in [5, 5.41) is 0. The fourth-order valence-corrected chi connectivity index (χ4v) is 1.52. The number of rotatable bonds is 3. The van der Waals surface area contributed by atoms with E-state index in [0.29, 0.717) is 17.0 Å². The predicted octanol–water partition coefficient (Wildman–Crippen LogP) is 3.87. The Hall–Kier alpha value is -2.17. The second kappa shape index (κ2) is 5.22. The van der Waals surface area contributed by atoms with Gasteiger partial charge in [0, 0.05) is 5.69 Å². The minimum Gasteiger partial charge on any atom is -0.489 e. The molecule has 0 amide bonds. The molecular weight excluding hydrogens is 255 g/mol. The van der Waals surface area contributed by atoms with Crippen molar-refractivity contribution in [2.24, 2.45) is 0 Å². The summed E-state index contributed by atoms with van der Waals surface area (Å²) in [6.07, 6.45) is -4.31. The maximum absolute atomic E-state index is 12.4. The Kier molecular flexibility index (Phi) is 3.64. The second-order valence-corrected chi connectivity index (χ2v) is 4.05. The van der Waals surface area contributed by atoms with Gasteiger partial charge in [-0.3, -0.25) is 0 Å². The Balaban J connectivity index is 1.98. The number of benzene rings is 2. The normalized spacial score (nSPS) is 11.3. The van der Waals surface area contributed by atoms with E-state index in [2.05, 4.69) is 0 Å². The lowest BCUT2D eigenvalue weighted by Crippen LogP contribution is -2.05. The third kappa shape index (κ3) is 3.64. The molecule has 0 saturated heterocycles. The number of hydrogen-bond donors (Lipinski definition) is 1. The topological polar surface area (TPSA) is 35.2 Å². The predicted molar refractivity (Wildman–Crippen MR) is 66.6 cm³/mol. The molecule has 0 aliphatic rings. The maximum Gasteiger partial charge on any atom is 0.416 e. The van der Waals surface area contributed by atoms with Crippen LogP contribution in [0.4, 0.5) is 18.9 Å². The number of anilines is 1. The van der Waals surface area contributed by atoms with Crippen LogP contribution < -0.4 is 10.5 Å². The van der Waals surface area contributed by atoms with Crippen LogP contribution in [-0.2, 0) is 12.8 Å². The highest BCUT2D eigenvalue weighted by Gasteiger charge is 2.29. The summed E-state index contributed by atoms with van der Waals surface area (Å²) < 4.78 is 42.5. The van der Waals surface area contributed by atoms with Crippen LogP contribution in [0.2, 0.25) is 0 Å². The van der Waals surface area contributed by atoms with Crippen LogP contribution in [0.1, 0.15) is 11.1 Å². The van der Waals surface area contributed by atoms with Gasteiger partial charge in [-0.05, 0) is 42.0 Å². The summed E-state index contributed by atoms with van der Waals surface area (Å²) in [6, 6.07) is 11.7. The molecule has 0 fully saturated rings. The van der Waals surface area contributed by atoms with Crippen molar-refractivity contribution in [3.8, 4) is 5.75 Å². The highest BCUT2D eigenvalue weighted by Crippen LogP contribution is 2.29. The summed E-state index contributed by atoms with van der Waals surface area (Å²) in [5.74, 6) is 0.620. The van der Waals surface area contributed by atoms with Crippen LogP contribution in [-0.4, -0.2) is 0 Å². The van der Waals surface area contributed by atoms with Gasteiger partial charge in [-0.25, -0.2) is 0 Å². The van der Waals surface area contributed by atoms with E-state index in [9.17, 15) is 13.2 Å². The fourth-order valence-electron chi connectivity index (χ4n) is 1.52. The molecule has 0 radical (unpaired) electrons. The van der Waals surface area contributed by atoms with E-state index in [1.807, 2.05) is 0 Å². The minimum atomic E-state index is -4.31. The molecular formula is C14H12F3NO. The molecule has 2 aromatic carbocycles. The molecule has 2 N–H and O–H groups in total. The molecule has 0 aliphatic carbocycles. The Morgan fingerprint density at radius 3 is 2.00 bits per heavy atom. The van der Waals surface area contributed by atoms with E-state index in [0.717, 1.165) is 12.1 Å². The summed E-state index contributed by atoms with van der Waals surface area (Å²) in [4.78, 5) is 0. The molecule has 2 nitrogen and oxygen atoms in total. The summed E-state index contributed by atoms with van der Waals surface area (Å²) in [6.45, 7) is 0.210. The van der Waals surface area contributed by atoms with E-state index in [4.69, 9.17) is 10.5 Å². The van der Waals surface area contributed by atoms with Crippen molar-refractivity contribution in [3.05, 3.63) is 59.7 Å². The van der Waals surface area contributed by atoms with Crippen molar-refractivity contribution in [1.29, 1.82) is 0 Å². The van der Waals surface area contributed by atoms with E-state index in [-0.39, 0.29) is 6.61 Å². The van der Waals surface area contributed by atoms with Gasteiger partial charge in [-0.1, -0.05) is 12.1 Å². The summed E-state index contributed by atoms with van der Waals surface area (Å²) in [5.41, 5.74) is 6.16. The first-order valence-corrected chi connectivity index (χ1v) is 5.59. The van der Waals surface area contributed by atoms with Crippen molar-refractivity contribution in [1.82, 2.24) is 0 Å². The number of hydrogen-bond acceptors (Lipinski definition) is 2. The fraction of sp³-hybridized carbons (Fsp3) is 0.143. The number of nitrogen functional groups attached to an aromatic ring is 1. The SMILES string of the molecule is Nc1ccc(OCc2ccc(C(F)(F)F)cc2)cc1. The van der Waals surface area contributed by atoms with Crippen LogP contribution in [0.15, 0.2) is 48.5 Å². The second-order valence-electron chi connectivity index (χ2n) is 4.05. The number of alkyl halides is 3. The van der Waals surface area contributed by atoms with Crippen molar-refractivity contribution < 1.29 is 17.9 Å². The van der Waals surface area contributed by atoms with Gasteiger partial charge < -0.3 is 10.5 Å². The van der Waals surface area contributed by atoms with Crippen molar-refractivity contribution in [3.63, 3.8) is 0 Å². The molecule has 0 unspecified atom stereocenters. The molecule has 0 aromatic heterocycles. The monoisotopic (exact) mass is 267 g/mol. The number of nitrogens with two attached hydrogens (primary N) is 1. The van der Waals surface area contributed by atoms with Gasteiger partial charge in [-0.15, -0.1) is 0 Å². The zero-order valence-electron chi connectivity index (χ0n) is 9.95. The lowest BCUT2D eigenvalue weighted by Gasteiger charge is -2.09. The molecule has 0 aliphatic heterocycles. The first kappa shape index (κ1) is 13.3. The largest absolute Gasteiger partial charge is 0.489 e. The number of halogens is 3. The van der Waals surface area contributed by atoms with Crippen LogP contribution in [0.5, 0.6) is 5.75 Å². The zero-order valence-corrected chi connectivity index (χ0v) is 9.95. The van der Waals surface area contributed by atoms with Gasteiger partial charge in [0.2, 0.25) is 0 Å². The lowest BCUT2D eigenvalue weighted by molar-refractivity contribution is -0.137. The maximum atomic E-state index is 12.4. The molecule has 100 valence electrons. The van der Waals surface area contributed by atoms with Gasteiger partial charge in [-0.2, -0.15) is 13.2 Å². The van der Waals surface area contributed by atoms with E-state index in [1.54, 1.807) is 24.3 Å². The third-order valence-corrected chi connectivity index (χ3v) is 2.57. The Morgan fingerprint density at radius 2 is 1.47 bits per heavy atom. The van der Waals surface area contributed by atoms with E-state index in [1.165, 1.54) is 12.1 Å². The molecule has 19 heavy (non-hydrogen) atoms. The van der Waals surface area contributed by atoms with E-state index >= 15 is 0 Å². The summed E-state index contributed by atoms with van der Waals surface area (Å²) >= 11 is 0. The molecule has 0 atom stereocenters. The van der Waals surface area contributed by atoms with Crippen molar-refractivity contribution >= 4 is 5.69 Å². The average molecular weight is 267 g/mol. The van der Waals surface area contributed by atoms with Crippen LogP contribution in [0.25, 0.3) is 0 Å². The van der Waals surface area contributed by atoms with Crippen molar-refractivity contribution in [2.45, 2.75) is 12.8 Å². The molecule has 0 heterocycles. The van der Waals surface area contributed by atoms with Gasteiger partial charge in [0.1, 0.15) is 12.4 Å². The highest BCUT2D eigenvalue weighted by atomic mass is 19.4. The van der Waals surface area contributed by atoms with Crippen LogP contribution in [0, 0.1) is 0 Å². The Bertz CT molecular complexity index is 532. The van der Waals surface area contributed by atoms with Gasteiger partial charge in [0.25, 0.3) is 0 Å². The standard InChI is InChI=1S/C14H12F3NO/c15-14(16,17)11-3-1-10(2-4-11)9-19-13-7-5-12(18)6-8-13/h1-8H,9,18H2. The van der Waals surface area contributed by atoms with Gasteiger partial charge in [0.15, 0.2) is 0 Å². The zero-order chi connectivity index (χ0) is 13.9. The van der Waals surface area contributed by atoms with Crippen LogP contribution >= 0.6 is 0 Å². The molecule has 0 saturated carbocycles. The molecule has 0 spiro atoms. The first-order chi connectivity index (χ1) is 8.95. The molecule has 0 bridgehead atoms. The number of ether oxygens (including phenoxy) is 1. The Labute approximate surface area is 108 Å². The quantitative estimate of drug-likeness (QED) is 0.857. The molecule has 2 rings (SSSR count). The van der Waals surface area contributed by atoms with Crippen molar-refractivity contribution in [2.75, 3.05) is 5.73 Å². The third-order valence-electron chi connectivity index (χ3n) is 2.57. The average Bonchev–Trinajstić information content (AvgIpc) is 2.37.